The maximum Gasteiger partial charge on any atom is 0.319 e. The van der Waals surface area contributed by atoms with Crippen LogP contribution < -0.4 is 4.90 Å². The molecule has 10 heteroatoms. The quantitative estimate of drug-likeness (QED) is 0.313. The number of nitro groups is 1. The Morgan fingerprint density at radius 1 is 1.19 bits per heavy atom. The number of hydrogen-bond acceptors (Lipinski definition) is 5. The zero-order valence-corrected chi connectivity index (χ0v) is 17.7. The van der Waals surface area contributed by atoms with Gasteiger partial charge in [-0.1, -0.05) is 41.7 Å². The number of piperazine rings is 1. The Kier molecular flexibility index (Phi) is 8.54. The average molecular weight is 455 g/mol. The van der Waals surface area contributed by atoms with Gasteiger partial charge in [0.2, 0.25) is 0 Å². The maximum atomic E-state index is 13.1. The van der Waals surface area contributed by atoms with Crippen molar-refractivity contribution in [2.75, 3.05) is 36.8 Å². The van der Waals surface area contributed by atoms with Gasteiger partial charge < -0.3 is 9.80 Å². The van der Waals surface area contributed by atoms with Gasteiger partial charge in [-0.3, -0.25) is 10.1 Å². The van der Waals surface area contributed by atoms with Crippen molar-refractivity contribution >= 4 is 52.3 Å². The summed E-state index contributed by atoms with van der Waals surface area (Å²) in [5, 5.41) is 11.8. The second kappa shape index (κ2) is 10.4. The van der Waals surface area contributed by atoms with E-state index >= 15 is 0 Å². The van der Waals surface area contributed by atoms with Crippen LogP contribution in [0.1, 0.15) is 13.3 Å². The monoisotopic (exact) mass is 453 g/mol. The highest BCUT2D eigenvalue weighted by molar-refractivity contribution is 8.03. The minimum absolute atomic E-state index is 0.261. The van der Waals surface area contributed by atoms with E-state index in [-0.39, 0.29) is 21.0 Å². The van der Waals surface area contributed by atoms with E-state index in [1.165, 1.54) is 23.9 Å². The molecule has 0 N–H and O–H groups in total. The Morgan fingerprint density at radius 2 is 1.78 bits per heavy atom. The van der Waals surface area contributed by atoms with Crippen LogP contribution in [0.5, 0.6) is 0 Å². The molecular formula is C17H19Cl3FN3O2S. The zero-order chi connectivity index (χ0) is 20.0. The molecule has 0 bridgehead atoms. The van der Waals surface area contributed by atoms with Crippen molar-refractivity contribution in [3.05, 3.63) is 60.4 Å². The van der Waals surface area contributed by atoms with Gasteiger partial charge in [-0.05, 0) is 36.4 Å². The van der Waals surface area contributed by atoms with Gasteiger partial charge in [0.1, 0.15) is 10.3 Å². The third-order valence-corrected chi connectivity index (χ3v) is 6.24. The lowest BCUT2D eigenvalue weighted by atomic mass is 10.2. The molecule has 1 aliphatic rings. The van der Waals surface area contributed by atoms with Crippen LogP contribution in [-0.2, 0) is 0 Å². The van der Waals surface area contributed by atoms with Gasteiger partial charge in [0.25, 0.3) is 0 Å². The zero-order valence-electron chi connectivity index (χ0n) is 14.6. The van der Waals surface area contributed by atoms with E-state index in [0.717, 1.165) is 12.1 Å². The molecule has 1 heterocycles. The van der Waals surface area contributed by atoms with Crippen molar-refractivity contribution in [2.45, 2.75) is 13.3 Å². The molecule has 1 fully saturated rings. The van der Waals surface area contributed by atoms with Gasteiger partial charge in [0.15, 0.2) is 10.1 Å². The van der Waals surface area contributed by atoms with Crippen molar-refractivity contribution < 1.29 is 9.31 Å². The van der Waals surface area contributed by atoms with E-state index in [1.54, 1.807) is 12.1 Å². The number of allylic oxidation sites excluding steroid dienone is 1. The fourth-order valence-electron chi connectivity index (χ4n) is 2.67. The molecule has 0 aliphatic carbocycles. The minimum Gasteiger partial charge on any atom is -0.368 e. The molecule has 2 rings (SSSR count). The summed E-state index contributed by atoms with van der Waals surface area (Å²) in [6, 6.07) is 6.29. The van der Waals surface area contributed by atoms with Gasteiger partial charge >= 0.3 is 5.70 Å². The van der Waals surface area contributed by atoms with Crippen LogP contribution in [-0.4, -0.2) is 41.8 Å². The molecule has 1 aromatic rings. The lowest BCUT2D eigenvalue weighted by molar-refractivity contribution is -0.421. The van der Waals surface area contributed by atoms with Crippen LogP contribution in [0.3, 0.4) is 0 Å². The van der Waals surface area contributed by atoms with E-state index in [1.807, 2.05) is 11.8 Å². The smallest absolute Gasteiger partial charge is 0.319 e. The lowest BCUT2D eigenvalue weighted by Crippen LogP contribution is -2.46. The fraction of sp³-hybridized carbons (Fsp3) is 0.412. The summed E-state index contributed by atoms with van der Waals surface area (Å²) >= 11 is 18.8. The molecule has 148 valence electrons. The van der Waals surface area contributed by atoms with Crippen molar-refractivity contribution in [1.29, 1.82) is 0 Å². The first-order chi connectivity index (χ1) is 12.8. The molecule has 1 aromatic carbocycles. The third kappa shape index (κ3) is 5.91. The minimum atomic E-state index is -0.544. The second-order valence-electron chi connectivity index (χ2n) is 5.78. The summed E-state index contributed by atoms with van der Waals surface area (Å²) < 4.78 is 12.8. The number of anilines is 1. The van der Waals surface area contributed by atoms with Crippen LogP contribution in [0.4, 0.5) is 10.1 Å². The Hall–Kier alpha value is -1.15. The first-order valence-electron chi connectivity index (χ1n) is 8.33. The first-order valence-corrected chi connectivity index (χ1v) is 10.4. The summed E-state index contributed by atoms with van der Waals surface area (Å²) in [4.78, 5) is 15.1. The summed E-state index contributed by atoms with van der Waals surface area (Å²) in [7, 11) is 0. The summed E-state index contributed by atoms with van der Waals surface area (Å²) in [5.41, 5.74) is 0.643. The molecule has 1 saturated heterocycles. The molecule has 0 aromatic heterocycles. The topological polar surface area (TPSA) is 49.6 Å². The normalized spacial score (nSPS) is 15.4. The summed E-state index contributed by atoms with van der Waals surface area (Å²) in [6.07, 6.45) is 0.852. The lowest BCUT2D eigenvalue weighted by Gasteiger charge is -2.37. The van der Waals surface area contributed by atoms with Crippen molar-refractivity contribution in [2.24, 2.45) is 0 Å². The molecule has 0 atom stereocenters. The second-order valence-corrected chi connectivity index (χ2v) is 8.20. The third-order valence-electron chi connectivity index (χ3n) is 3.96. The number of thioether (sulfide) groups is 1. The molecule has 1 aliphatic heterocycles. The molecule has 5 nitrogen and oxygen atoms in total. The number of nitrogens with zero attached hydrogens (tertiary/aromatic N) is 3. The van der Waals surface area contributed by atoms with E-state index in [0.29, 0.717) is 37.0 Å². The van der Waals surface area contributed by atoms with Crippen molar-refractivity contribution in [1.82, 2.24) is 4.90 Å². The predicted octanol–water partition coefficient (Wildman–Crippen LogP) is 5.42. The highest BCUT2D eigenvalue weighted by atomic mass is 35.5. The Balaban J connectivity index is 2.25. The summed E-state index contributed by atoms with van der Waals surface area (Å²) in [5.74, 6) is 0.420. The van der Waals surface area contributed by atoms with E-state index in [4.69, 9.17) is 34.8 Å². The molecule has 0 spiro atoms. The Labute approximate surface area is 176 Å². The van der Waals surface area contributed by atoms with Gasteiger partial charge in [0, 0.05) is 31.9 Å². The van der Waals surface area contributed by atoms with Crippen LogP contribution in [0, 0.1) is 15.9 Å². The van der Waals surface area contributed by atoms with Gasteiger partial charge in [-0.25, -0.2) is 4.39 Å². The maximum absolute atomic E-state index is 13.1. The van der Waals surface area contributed by atoms with E-state index < -0.39 is 4.92 Å². The molecule has 0 amide bonds. The summed E-state index contributed by atoms with van der Waals surface area (Å²) in [6.45, 7) is 4.40. The Bertz CT molecular complexity index is 731. The van der Waals surface area contributed by atoms with Crippen LogP contribution in [0.15, 0.2) is 44.5 Å². The Morgan fingerprint density at radius 3 is 2.26 bits per heavy atom. The molecular weight excluding hydrogens is 436 g/mol. The fourth-order valence-corrected chi connectivity index (χ4v) is 4.14. The molecule has 0 unspecified atom stereocenters. The van der Waals surface area contributed by atoms with Crippen molar-refractivity contribution in [3.8, 4) is 0 Å². The highest BCUT2D eigenvalue weighted by Crippen LogP contribution is 2.35. The van der Waals surface area contributed by atoms with Crippen LogP contribution in [0.25, 0.3) is 0 Å². The standard InChI is InChI=1S/C17H19Cl3FN3O2S/c1-2-11-27-17(15(24(25)26)14(18)16(19)20)23-9-7-22(8-10-23)13-5-3-12(21)4-6-13/h3-6H,2,7-11H2,1H3/b17-15+. The number of hydrogen-bond donors (Lipinski definition) is 0. The van der Waals surface area contributed by atoms with Crippen LogP contribution in [0.2, 0.25) is 0 Å². The largest absolute Gasteiger partial charge is 0.368 e. The highest BCUT2D eigenvalue weighted by Gasteiger charge is 2.31. The number of halogens is 4. The van der Waals surface area contributed by atoms with E-state index in [9.17, 15) is 14.5 Å². The number of benzene rings is 1. The van der Waals surface area contributed by atoms with Gasteiger partial charge in [0.05, 0.1) is 4.92 Å². The molecule has 0 radical (unpaired) electrons. The van der Waals surface area contributed by atoms with E-state index in [2.05, 4.69) is 4.90 Å². The van der Waals surface area contributed by atoms with Gasteiger partial charge in [-0.15, -0.1) is 11.8 Å². The number of rotatable bonds is 7. The molecule has 0 saturated carbocycles. The van der Waals surface area contributed by atoms with Crippen molar-refractivity contribution in [3.63, 3.8) is 0 Å². The SMILES string of the molecule is CCCS/C(=C(\C(Cl)=C(Cl)Cl)[N+](=O)[O-])N1CCN(c2ccc(F)cc2)CC1. The molecule has 27 heavy (non-hydrogen) atoms. The van der Waals surface area contributed by atoms with Gasteiger partial charge in [-0.2, -0.15) is 0 Å². The van der Waals surface area contributed by atoms with Crippen LogP contribution >= 0.6 is 46.6 Å². The average Bonchev–Trinajstić information content (AvgIpc) is 2.65. The predicted molar refractivity (Wildman–Crippen MR) is 112 cm³/mol. The first kappa shape index (κ1) is 22.1.